The molecule has 33 heavy (non-hydrogen) atoms. The molecule has 2 aliphatic heterocycles. The predicted molar refractivity (Wildman–Crippen MR) is 126 cm³/mol. The summed E-state index contributed by atoms with van der Waals surface area (Å²) in [5, 5.41) is 0.846. The summed E-state index contributed by atoms with van der Waals surface area (Å²) in [6.45, 7) is 4.51. The van der Waals surface area contributed by atoms with Gasteiger partial charge in [0.05, 0.1) is 29.9 Å². The maximum absolute atomic E-state index is 13.5. The summed E-state index contributed by atoms with van der Waals surface area (Å²) in [6, 6.07) is 18.9. The molecule has 1 atom stereocenters. The van der Waals surface area contributed by atoms with Gasteiger partial charge in [0.15, 0.2) is 0 Å². The first-order valence-electron chi connectivity index (χ1n) is 11.4. The first kappa shape index (κ1) is 21.6. The van der Waals surface area contributed by atoms with E-state index in [9.17, 15) is 9.59 Å². The Morgan fingerprint density at radius 3 is 2.39 bits per heavy atom. The smallest absolute Gasteiger partial charge is 0.254 e. The Bertz CT molecular complexity index is 1160. The Kier molecular flexibility index (Phi) is 6.07. The van der Waals surface area contributed by atoms with E-state index in [1.54, 1.807) is 0 Å². The number of fused-ring (bicyclic) bond motifs is 1. The molecule has 0 radical (unpaired) electrons. The number of morpholine rings is 1. The number of hydrogen-bond donors (Lipinski definition) is 0. The van der Waals surface area contributed by atoms with Crippen molar-refractivity contribution >= 4 is 22.7 Å². The lowest BCUT2D eigenvalue weighted by molar-refractivity contribution is -0.0246. The number of amides is 2. The predicted octanol–water partition coefficient (Wildman–Crippen LogP) is 2.84. The monoisotopic (exact) mass is 444 g/mol. The van der Waals surface area contributed by atoms with E-state index in [2.05, 4.69) is 11.9 Å². The Hall–Kier alpha value is -3.29. The summed E-state index contributed by atoms with van der Waals surface area (Å²) in [4.78, 5) is 37.2. The van der Waals surface area contributed by atoms with Crippen LogP contribution in [0.3, 0.4) is 0 Å². The number of para-hydroxylation sites is 1. The molecule has 2 aliphatic rings. The largest absolute Gasteiger partial charge is 0.368 e. The summed E-state index contributed by atoms with van der Waals surface area (Å²) in [6.07, 6.45) is -0.380. The van der Waals surface area contributed by atoms with Crippen molar-refractivity contribution in [2.24, 2.45) is 0 Å². The highest BCUT2D eigenvalue weighted by atomic mass is 16.5. The van der Waals surface area contributed by atoms with Crippen molar-refractivity contribution in [1.82, 2.24) is 19.7 Å². The molecule has 7 heteroatoms. The van der Waals surface area contributed by atoms with Crippen LogP contribution in [0.15, 0.2) is 60.7 Å². The second-order valence-corrected chi connectivity index (χ2v) is 8.68. The molecule has 2 fully saturated rings. The van der Waals surface area contributed by atoms with Gasteiger partial charge in [0, 0.05) is 43.7 Å². The second-order valence-electron chi connectivity index (χ2n) is 8.68. The minimum absolute atomic E-state index is 0.0153. The van der Waals surface area contributed by atoms with E-state index in [0.717, 1.165) is 24.0 Å². The molecule has 0 spiro atoms. The Morgan fingerprint density at radius 1 is 0.879 bits per heavy atom. The van der Waals surface area contributed by atoms with Gasteiger partial charge >= 0.3 is 0 Å². The van der Waals surface area contributed by atoms with Gasteiger partial charge in [-0.25, -0.2) is 4.98 Å². The van der Waals surface area contributed by atoms with Gasteiger partial charge in [0.2, 0.25) is 0 Å². The third kappa shape index (κ3) is 4.47. The fraction of sp³-hybridized carbons (Fsp3) is 0.346. The number of hydrogen-bond acceptors (Lipinski definition) is 5. The molecule has 3 aromatic rings. The number of aromatic nitrogens is 1. The third-order valence-corrected chi connectivity index (χ3v) is 6.46. The number of rotatable bonds is 3. The summed E-state index contributed by atoms with van der Waals surface area (Å²) < 4.78 is 6.04. The highest BCUT2D eigenvalue weighted by molar-refractivity contribution is 6.06. The number of benzene rings is 2. The van der Waals surface area contributed by atoms with Crippen molar-refractivity contribution in [3.63, 3.8) is 0 Å². The minimum Gasteiger partial charge on any atom is -0.368 e. The van der Waals surface area contributed by atoms with Crippen LogP contribution in [-0.2, 0) is 4.74 Å². The number of nitrogens with zero attached hydrogens (tertiary/aromatic N) is 4. The van der Waals surface area contributed by atoms with E-state index in [0.29, 0.717) is 49.6 Å². The van der Waals surface area contributed by atoms with Gasteiger partial charge in [-0.05, 0) is 31.3 Å². The van der Waals surface area contributed by atoms with E-state index in [-0.39, 0.29) is 17.9 Å². The summed E-state index contributed by atoms with van der Waals surface area (Å²) in [5.41, 5.74) is 2.77. The molecule has 0 N–H and O–H groups in total. The minimum atomic E-state index is -0.380. The zero-order valence-corrected chi connectivity index (χ0v) is 18.8. The molecule has 2 aromatic carbocycles. The quantitative estimate of drug-likeness (QED) is 0.622. The van der Waals surface area contributed by atoms with E-state index >= 15 is 0 Å². The number of pyridine rings is 1. The van der Waals surface area contributed by atoms with Crippen LogP contribution in [0.5, 0.6) is 0 Å². The molecular formula is C26H28N4O3. The van der Waals surface area contributed by atoms with Crippen LogP contribution in [-0.4, -0.2) is 84.4 Å². The molecule has 1 aromatic heterocycles. The first-order valence-corrected chi connectivity index (χ1v) is 11.4. The Morgan fingerprint density at radius 2 is 1.61 bits per heavy atom. The average molecular weight is 445 g/mol. The van der Waals surface area contributed by atoms with Crippen molar-refractivity contribution in [3.05, 3.63) is 77.5 Å². The van der Waals surface area contributed by atoms with E-state index in [4.69, 9.17) is 9.72 Å². The van der Waals surface area contributed by atoms with Crippen LogP contribution in [0.4, 0.5) is 0 Å². The lowest BCUT2D eigenvalue weighted by Crippen LogP contribution is -2.47. The van der Waals surface area contributed by atoms with Crippen molar-refractivity contribution in [3.8, 4) is 0 Å². The molecule has 0 saturated carbocycles. The number of carbonyl (C=O) groups is 2. The van der Waals surface area contributed by atoms with Crippen LogP contribution in [0, 0.1) is 0 Å². The molecule has 3 heterocycles. The van der Waals surface area contributed by atoms with Gasteiger partial charge in [-0.15, -0.1) is 0 Å². The normalized spacial score (nSPS) is 19.6. The van der Waals surface area contributed by atoms with Crippen LogP contribution in [0.2, 0.25) is 0 Å². The molecule has 7 nitrogen and oxygen atoms in total. The zero-order chi connectivity index (χ0) is 22.8. The van der Waals surface area contributed by atoms with Crippen molar-refractivity contribution < 1.29 is 14.3 Å². The summed E-state index contributed by atoms with van der Waals surface area (Å²) in [5.74, 6) is 0.00871. The van der Waals surface area contributed by atoms with Gasteiger partial charge in [-0.1, -0.05) is 36.4 Å². The molecule has 0 unspecified atom stereocenters. The van der Waals surface area contributed by atoms with Crippen molar-refractivity contribution in [2.75, 3.05) is 52.9 Å². The zero-order valence-electron chi connectivity index (χ0n) is 18.8. The van der Waals surface area contributed by atoms with E-state index in [1.165, 1.54) is 0 Å². The lowest BCUT2D eigenvalue weighted by Gasteiger charge is -2.34. The summed E-state index contributed by atoms with van der Waals surface area (Å²) in [7, 11) is 2.07. The van der Waals surface area contributed by atoms with Crippen LogP contribution >= 0.6 is 0 Å². The first-order chi connectivity index (χ1) is 16.1. The van der Waals surface area contributed by atoms with Gasteiger partial charge in [0.1, 0.15) is 6.10 Å². The number of piperazine rings is 1. The van der Waals surface area contributed by atoms with Crippen molar-refractivity contribution in [2.45, 2.75) is 6.10 Å². The van der Waals surface area contributed by atoms with Crippen LogP contribution in [0.1, 0.15) is 32.5 Å². The maximum atomic E-state index is 13.5. The van der Waals surface area contributed by atoms with Gasteiger partial charge in [-0.3, -0.25) is 9.59 Å². The molecule has 2 amide bonds. The SMILES string of the molecule is CN1CCN(C(=O)c2cc([C@@H]3CN(C(=O)c4ccccc4)CCO3)nc3ccccc23)CC1. The molecular weight excluding hydrogens is 416 g/mol. The topological polar surface area (TPSA) is 66.0 Å². The van der Waals surface area contributed by atoms with Gasteiger partial charge < -0.3 is 19.4 Å². The van der Waals surface area contributed by atoms with Gasteiger partial charge in [0.25, 0.3) is 11.8 Å². The second kappa shape index (κ2) is 9.29. The standard InChI is InChI=1S/C26H28N4O3/c1-28-11-13-29(14-12-28)26(32)21-17-23(27-22-10-6-5-9-20(21)22)24-18-30(15-16-33-24)25(31)19-7-3-2-4-8-19/h2-10,17,24H,11-16,18H2,1H3/t24-/m0/s1. The van der Waals surface area contributed by atoms with Crippen LogP contribution < -0.4 is 0 Å². The van der Waals surface area contributed by atoms with Crippen LogP contribution in [0.25, 0.3) is 10.9 Å². The molecule has 0 bridgehead atoms. The molecule has 0 aliphatic carbocycles. The van der Waals surface area contributed by atoms with Gasteiger partial charge in [-0.2, -0.15) is 0 Å². The lowest BCUT2D eigenvalue weighted by atomic mass is 10.0. The molecule has 2 saturated heterocycles. The van der Waals surface area contributed by atoms with E-state index < -0.39 is 0 Å². The Balaban J connectivity index is 1.44. The fourth-order valence-corrected chi connectivity index (χ4v) is 4.49. The molecule has 170 valence electrons. The average Bonchev–Trinajstić information content (AvgIpc) is 2.88. The maximum Gasteiger partial charge on any atom is 0.254 e. The Labute approximate surface area is 193 Å². The fourth-order valence-electron chi connectivity index (χ4n) is 4.49. The van der Waals surface area contributed by atoms with Crippen molar-refractivity contribution in [1.29, 1.82) is 0 Å². The highest BCUT2D eigenvalue weighted by Crippen LogP contribution is 2.27. The summed E-state index contributed by atoms with van der Waals surface area (Å²) >= 11 is 0. The highest BCUT2D eigenvalue weighted by Gasteiger charge is 2.29. The molecule has 5 rings (SSSR count). The number of carbonyl (C=O) groups excluding carboxylic acids is 2. The number of ether oxygens (including phenoxy) is 1. The van der Waals surface area contributed by atoms with E-state index in [1.807, 2.05) is 70.5 Å². The number of likely N-dealkylation sites (N-methyl/N-ethyl adjacent to an activating group) is 1. The third-order valence-electron chi connectivity index (χ3n) is 6.46.